The molecule has 0 saturated carbocycles. The molecule has 2 N–H and O–H groups in total. The van der Waals surface area contributed by atoms with Crippen molar-refractivity contribution in [1.82, 2.24) is 4.98 Å². The Kier molecular flexibility index (Phi) is 6.06. The molecule has 1 amide bonds. The van der Waals surface area contributed by atoms with Crippen LogP contribution < -0.4 is 15.4 Å². The van der Waals surface area contributed by atoms with Crippen molar-refractivity contribution in [1.29, 1.82) is 0 Å². The van der Waals surface area contributed by atoms with E-state index < -0.39 is 0 Å². The van der Waals surface area contributed by atoms with Crippen molar-refractivity contribution in [2.45, 2.75) is 6.54 Å². The number of hydrogen-bond acceptors (Lipinski definition) is 4. The van der Waals surface area contributed by atoms with Crippen LogP contribution in [0.5, 0.6) is 5.75 Å². The van der Waals surface area contributed by atoms with Crippen LogP contribution in [-0.4, -0.2) is 17.5 Å². The van der Waals surface area contributed by atoms with Gasteiger partial charge in [0.05, 0.1) is 11.9 Å². The second-order valence-electron chi connectivity index (χ2n) is 5.56. The first-order valence-electron chi connectivity index (χ1n) is 8.11. The maximum atomic E-state index is 11.9. The minimum Gasteiger partial charge on any atom is -0.484 e. The molecule has 0 aliphatic rings. The maximum Gasteiger partial charge on any atom is 0.263 e. The van der Waals surface area contributed by atoms with Gasteiger partial charge in [0.15, 0.2) is 6.61 Å². The number of rotatable bonds is 7. The Labute approximate surface area is 157 Å². The summed E-state index contributed by atoms with van der Waals surface area (Å²) in [6.45, 7) is 0.612. The fourth-order valence-electron chi connectivity index (χ4n) is 2.23. The van der Waals surface area contributed by atoms with E-state index in [0.29, 0.717) is 23.1 Å². The third kappa shape index (κ3) is 5.50. The molecular weight excluding hydrogens is 350 g/mol. The molecule has 0 unspecified atom stereocenters. The summed E-state index contributed by atoms with van der Waals surface area (Å²) in [4.78, 5) is 16.2. The third-order valence-electron chi connectivity index (χ3n) is 3.55. The Hall–Kier alpha value is -3.05. The molecule has 0 saturated heterocycles. The van der Waals surface area contributed by atoms with Gasteiger partial charge in [0.25, 0.3) is 5.91 Å². The van der Waals surface area contributed by atoms with E-state index in [0.717, 1.165) is 5.69 Å². The van der Waals surface area contributed by atoms with Crippen LogP contribution >= 0.6 is 11.6 Å². The standard InChI is InChI=1S/C20H18ClN3O2/c21-16-6-9-18(10-7-16)26-14-20(25)24-19-11-8-17(13-23-19)22-12-15-4-2-1-3-5-15/h1-11,13,22H,12,14H2,(H,23,24,25). The molecule has 132 valence electrons. The van der Waals surface area contributed by atoms with Crippen molar-refractivity contribution in [3.63, 3.8) is 0 Å². The van der Waals surface area contributed by atoms with Crippen molar-refractivity contribution >= 4 is 29.0 Å². The summed E-state index contributed by atoms with van der Waals surface area (Å²) in [6, 6.07) is 20.5. The number of pyridine rings is 1. The number of anilines is 2. The van der Waals surface area contributed by atoms with E-state index in [1.165, 1.54) is 5.56 Å². The molecule has 26 heavy (non-hydrogen) atoms. The minimum absolute atomic E-state index is 0.0999. The number of carbonyl (C=O) groups is 1. The second-order valence-corrected chi connectivity index (χ2v) is 6.00. The molecular formula is C20H18ClN3O2. The summed E-state index contributed by atoms with van der Waals surface area (Å²) >= 11 is 5.80. The molecule has 3 aromatic rings. The Morgan fingerprint density at radius 1 is 1.00 bits per heavy atom. The molecule has 1 heterocycles. The van der Waals surface area contributed by atoms with Crippen molar-refractivity contribution in [3.05, 3.63) is 83.5 Å². The predicted molar refractivity (Wildman–Crippen MR) is 104 cm³/mol. The van der Waals surface area contributed by atoms with Crippen molar-refractivity contribution in [2.24, 2.45) is 0 Å². The summed E-state index contributed by atoms with van der Waals surface area (Å²) < 4.78 is 5.40. The van der Waals surface area contributed by atoms with Gasteiger partial charge in [-0.05, 0) is 42.0 Å². The number of hydrogen-bond donors (Lipinski definition) is 2. The summed E-state index contributed by atoms with van der Waals surface area (Å²) in [5.41, 5.74) is 2.06. The number of halogens is 1. The number of nitrogens with one attached hydrogen (secondary N) is 2. The number of aromatic nitrogens is 1. The average molecular weight is 368 g/mol. The van der Waals surface area contributed by atoms with Gasteiger partial charge >= 0.3 is 0 Å². The quantitative estimate of drug-likeness (QED) is 0.651. The van der Waals surface area contributed by atoms with E-state index in [1.807, 2.05) is 24.3 Å². The van der Waals surface area contributed by atoms with Crippen LogP contribution in [0.1, 0.15) is 5.56 Å². The predicted octanol–water partition coefficient (Wildman–Crippen LogP) is 4.36. The Morgan fingerprint density at radius 3 is 2.46 bits per heavy atom. The monoisotopic (exact) mass is 367 g/mol. The van der Waals surface area contributed by atoms with E-state index in [-0.39, 0.29) is 12.5 Å². The maximum absolute atomic E-state index is 11.9. The highest BCUT2D eigenvalue weighted by Gasteiger charge is 2.05. The van der Waals surface area contributed by atoms with E-state index >= 15 is 0 Å². The zero-order valence-electron chi connectivity index (χ0n) is 14.0. The summed E-state index contributed by atoms with van der Waals surface area (Å²) in [5.74, 6) is 0.774. The van der Waals surface area contributed by atoms with Gasteiger partial charge in [0, 0.05) is 11.6 Å². The van der Waals surface area contributed by atoms with Gasteiger partial charge in [0.1, 0.15) is 11.6 Å². The van der Waals surface area contributed by atoms with Crippen molar-refractivity contribution in [3.8, 4) is 5.75 Å². The zero-order valence-corrected chi connectivity index (χ0v) is 14.7. The molecule has 6 heteroatoms. The van der Waals surface area contributed by atoms with Gasteiger partial charge in [-0.3, -0.25) is 4.79 Å². The van der Waals surface area contributed by atoms with Crippen LogP contribution in [-0.2, 0) is 11.3 Å². The number of amides is 1. The highest BCUT2D eigenvalue weighted by molar-refractivity contribution is 6.30. The Morgan fingerprint density at radius 2 is 1.77 bits per heavy atom. The van der Waals surface area contributed by atoms with Crippen molar-refractivity contribution in [2.75, 3.05) is 17.2 Å². The number of carbonyl (C=O) groups excluding carboxylic acids is 1. The lowest BCUT2D eigenvalue weighted by atomic mass is 10.2. The number of ether oxygens (including phenoxy) is 1. The SMILES string of the molecule is O=C(COc1ccc(Cl)cc1)Nc1ccc(NCc2ccccc2)cn1. The fourth-order valence-corrected chi connectivity index (χ4v) is 2.36. The van der Waals surface area contributed by atoms with Crippen LogP contribution in [0.3, 0.4) is 0 Å². The lowest BCUT2D eigenvalue weighted by Gasteiger charge is -2.09. The third-order valence-corrected chi connectivity index (χ3v) is 3.81. The van der Waals surface area contributed by atoms with Crippen molar-refractivity contribution < 1.29 is 9.53 Å². The van der Waals surface area contributed by atoms with Gasteiger partial charge in [-0.15, -0.1) is 0 Å². The van der Waals surface area contributed by atoms with E-state index in [1.54, 1.807) is 36.5 Å². The lowest BCUT2D eigenvalue weighted by Crippen LogP contribution is -2.20. The van der Waals surface area contributed by atoms with E-state index in [2.05, 4.69) is 27.8 Å². The van der Waals surface area contributed by atoms with Crippen LogP contribution in [0.15, 0.2) is 72.9 Å². The molecule has 0 spiro atoms. The Balaban J connectivity index is 1.45. The second kappa shape index (κ2) is 8.87. The molecule has 0 aliphatic carbocycles. The van der Waals surface area contributed by atoms with E-state index in [9.17, 15) is 4.79 Å². The molecule has 0 fully saturated rings. The normalized spacial score (nSPS) is 10.2. The minimum atomic E-state index is -0.280. The highest BCUT2D eigenvalue weighted by Crippen LogP contribution is 2.15. The number of nitrogens with zero attached hydrogens (tertiary/aromatic N) is 1. The first-order valence-corrected chi connectivity index (χ1v) is 8.49. The smallest absolute Gasteiger partial charge is 0.263 e. The van der Waals surface area contributed by atoms with Crippen LogP contribution in [0.4, 0.5) is 11.5 Å². The van der Waals surface area contributed by atoms with Gasteiger partial charge in [-0.25, -0.2) is 4.98 Å². The summed E-state index contributed by atoms with van der Waals surface area (Å²) in [7, 11) is 0. The molecule has 0 radical (unpaired) electrons. The van der Waals surface area contributed by atoms with Gasteiger partial charge in [0.2, 0.25) is 0 Å². The highest BCUT2D eigenvalue weighted by atomic mass is 35.5. The summed E-state index contributed by atoms with van der Waals surface area (Å²) in [5, 5.41) is 6.60. The van der Waals surface area contributed by atoms with Gasteiger partial charge in [-0.1, -0.05) is 41.9 Å². The Bertz CT molecular complexity index is 837. The molecule has 2 aromatic carbocycles. The average Bonchev–Trinajstić information content (AvgIpc) is 2.68. The topological polar surface area (TPSA) is 63.2 Å². The fraction of sp³-hybridized carbons (Fsp3) is 0.100. The first-order chi connectivity index (χ1) is 12.7. The molecule has 0 bridgehead atoms. The van der Waals surface area contributed by atoms with Crippen LogP contribution in [0, 0.1) is 0 Å². The van der Waals surface area contributed by atoms with Crippen LogP contribution in [0.2, 0.25) is 5.02 Å². The number of benzene rings is 2. The van der Waals surface area contributed by atoms with E-state index in [4.69, 9.17) is 16.3 Å². The molecule has 3 rings (SSSR count). The van der Waals surface area contributed by atoms with Gasteiger partial charge < -0.3 is 15.4 Å². The zero-order chi connectivity index (χ0) is 18.2. The first kappa shape index (κ1) is 17.8. The van der Waals surface area contributed by atoms with Crippen LogP contribution in [0.25, 0.3) is 0 Å². The molecule has 1 aromatic heterocycles. The molecule has 0 aliphatic heterocycles. The summed E-state index contributed by atoms with van der Waals surface area (Å²) in [6.07, 6.45) is 1.68. The molecule has 0 atom stereocenters. The van der Waals surface area contributed by atoms with Gasteiger partial charge in [-0.2, -0.15) is 0 Å². The molecule has 5 nitrogen and oxygen atoms in total. The largest absolute Gasteiger partial charge is 0.484 e. The lowest BCUT2D eigenvalue weighted by molar-refractivity contribution is -0.118.